The molecule has 162 valence electrons. The van der Waals surface area contributed by atoms with E-state index in [1.807, 2.05) is 0 Å². The highest BCUT2D eigenvalue weighted by molar-refractivity contribution is 6.30. The molecule has 2 heterocycles. The molecular weight excluding hydrogens is 410 g/mol. The first-order chi connectivity index (χ1) is 14.3. The number of urea groups is 2. The van der Waals surface area contributed by atoms with Crippen molar-refractivity contribution in [3.8, 4) is 0 Å². The number of imide groups is 1. The Kier molecular flexibility index (Phi) is 7.15. The molecular formula is C20H26ClN5O4. The summed E-state index contributed by atoms with van der Waals surface area (Å²) in [6, 6.07) is 6.37. The molecule has 0 aromatic heterocycles. The molecule has 0 radical (unpaired) electrons. The van der Waals surface area contributed by atoms with E-state index in [0.29, 0.717) is 49.7 Å². The third kappa shape index (κ3) is 5.41. The zero-order chi connectivity index (χ0) is 21.7. The van der Waals surface area contributed by atoms with Gasteiger partial charge in [0.05, 0.1) is 0 Å². The maximum Gasteiger partial charge on any atom is 0.326 e. The molecule has 9 nitrogen and oxygen atoms in total. The number of carbonyl (C=O) groups is 4. The second-order valence-corrected chi connectivity index (χ2v) is 7.88. The molecule has 0 saturated carbocycles. The summed E-state index contributed by atoms with van der Waals surface area (Å²) >= 11 is 5.86. The molecule has 2 aliphatic rings. The van der Waals surface area contributed by atoms with Gasteiger partial charge in [-0.1, -0.05) is 11.6 Å². The summed E-state index contributed by atoms with van der Waals surface area (Å²) < 4.78 is 0. The topological polar surface area (TPSA) is 93.3 Å². The SMILES string of the molecule is CN1CC(=O)N(CCCC(=O)N2CCCN(C(=O)Nc3ccc(Cl)cc3)CC2)C1=O. The van der Waals surface area contributed by atoms with Gasteiger partial charge in [-0.25, -0.2) is 9.59 Å². The van der Waals surface area contributed by atoms with Crippen molar-refractivity contribution in [2.24, 2.45) is 0 Å². The Morgan fingerprint density at radius 3 is 2.37 bits per heavy atom. The predicted octanol–water partition coefficient (Wildman–Crippen LogP) is 2.08. The van der Waals surface area contributed by atoms with E-state index in [-0.39, 0.29) is 43.4 Å². The number of benzene rings is 1. The number of likely N-dealkylation sites (N-methyl/N-ethyl adjacent to an activating group) is 1. The maximum absolute atomic E-state index is 12.5. The summed E-state index contributed by atoms with van der Waals surface area (Å²) in [5.41, 5.74) is 0.665. The van der Waals surface area contributed by atoms with Gasteiger partial charge in [-0.2, -0.15) is 0 Å². The second-order valence-electron chi connectivity index (χ2n) is 7.45. The van der Waals surface area contributed by atoms with E-state index in [2.05, 4.69) is 5.32 Å². The summed E-state index contributed by atoms with van der Waals surface area (Å²) in [7, 11) is 1.58. The van der Waals surface area contributed by atoms with Crippen LogP contribution in [0.2, 0.25) is 5.02 Å². The van der Waals surface area contributed by atoms with Crippen molar-refractivity contribution in [1.82, 2.24) is 19.6 Å². The molecule has 2 saturated heterocycles. The van der Waals surface area contributed by atoms with Gasteiger partial charge >= 0.3 is 12.1 Å². The molecule has 3 rings (SSSR count). The minimum absolute atomic E-state index is 0.0255. The molecule has 1 aromatic rings. The lowest BCUT2D eigenvalue weighted by Gasteiger charge is -2.23. The van der Waals surface area contributed by atoms with Crippen LogP contribution in [0.3, 0.4) is 0 Å². The molecule has 30 heavy (non-hydrogen) atoms. The van der Waals surface area contributed by atoms with Crippen molar-refractivity contribution >= 4 is 41.2 Å². The van der Waals surface area contributed by atoms with Gasteiger partial charge in [0.1, 0.15) is 6.54 Å². The molecule has 0 atom stereocenters. The molecule has 0 aliphatic carbocycles. The van der Waals surface area contributed by atoms with Crippen molar-refractivity contribution in [3.63, 3.8) is 0 Å². The van der Waals surface area contributed by atoms with Gasteiger partial charge in [-0.15, -0.1) is 0 Å². The van der Waals surface area contributed by atoms with E-state index in [4.69, 9.17) is 11.6 Å². The summed E-state index contributed by atoms with van der Waals surface area (Å²) in [6.45, 7) is 2.38. The summed E-state index contributed by atoms with van der Waals surface area (Å²) in [5.74, 6) is -0.255. The van der Waals surface area contributed by atoms with Gasteiger partial charge in [0.25, 0.3) is 0 Å². The van der Waals surface area contributed by atoms with Crippen LogP contribution < -0.4 is 5.32 Å². The third-order valence-corrected chi connectivity index (χ3v) is 5.49. The number of rotatable bonds is 5. The zero-order valence-electron chi connectivity index (χ0n) is 17.0. The van der Waals surface area contributed by atoms with E-state index in [1.165, 1.54) is 9.80 Å². The second kappa shape index (κ2) is 9.80. The van der Waals surface area contributed by atoms with Gasteiger partial charge in [-0.3, -0.25) is 14.5 Å². The number of nitrogens with zero attached hydrogens (tertiary/aromatic N) is 4. The highest BCUT2D eigenvalue weighted by atomic mass is 35.5. The number of carbonyl (C=O) groups excluding carboxylic acids is 4. The van der Waals surface area contributed by atoms with Crippen LogP contribution in [-0.4, -0.2) is 89.8 Å². The lowest BCUT2D eigenvalue weighted by Crippen LogP contribution is -2.39. The predicted molar refractivity (Wildman–Crippen MR) is 112 cm³/mol. The number of halogens is 1. The molecule has 1 N–H and O–H groups in total. The van der Waals surface area contributed by atoms with Gasteiger partial charge in [0.2, 0.25) is 11.8 Å². The minimum Gasteiger partial charge on any atom is -0.341 e. The summed E-state index contributed by atoms with van der Waals surface area (Å²) in [5, 5.41) is 3.44. The highest BCUT2D eigenvalue weighted by Crippen LogP contribution is 2.15. The van der Waals surface area contributed by atoms with Crippen molar-refractivity contribution in [1.29, 1.82) is 0 Å². The number of amides is 6. The van der Waals surface area contributed by atoms with Crippen LogP contribution in [0.25, 0.3) is 0 Å². The van der Waals surface area contributed by atoms with Crippen molar-refractivity contribution in [3.05, 3.63) is 29.3 Å². The monoisotopic (exact) mass is 435 g/mol. The van der Waals surface area contributed by atoms with E-state index >= 15 is 0 Å². The first-order valence-electron chi connectivity index (χ1n) is 10.00. The Bertz CT molecular complexity index is 816. The number of nitrogens with one attached hydrogen (secondary N) is 1. The quantitative estimate of drug-likeness (QED) is 0.716. The number of hydrogen-bond acceptors (Lipinski definition) is 4. The average molecular weight is 436 g/mol. The Hall–Kier alpha value is -2.81. The van der Waals surface area contributed by atoms with Gasteiger partial charge in [0.15, 0.2) is 0 Å². The smallest absolute Gasteiger partial charge is 0.326 e. The first-order valence-corrected chi connectivity index (χ1v) is 10.4. The fraction of sp³-hybridized carbons (Fsp3) is 0.500. The fourth-order valence-corrected chi connectivity index (χ4v) is 3.67. The molecule has 0 spiro atoms. The lowest BCUT2D eigenvalue weighted by atomic mass is 10.2. The third-order valence-electron chi connectivity index (χ3n) is 5.23. The molecule has 10 heteroatoms. The standard InChI is InChI=1S/C20H26ClN5O4/c1-23-14-18(28)26(20(23)30)11-2-4-17(27)24-9-3-10-25(13-12-24)19(29)22-16-7-5-15(21)6-8-16/h5-8H,2-4,9-14H2,1H3,(H,22,29). The molecule has 2 fully saturated rings. The van der Waals surface area contributed by atoms with Gasteiger partial charge in [0, 0.05) is 56.9 Å². The number of anilines is 1. The molecule has 0 bridgehead atoms. The maximum atomic E-state index is 12.5. The van der Waals surface area contributed by atoms with Gasteiger partial charge < -0.3 is 20.0 Å². The van der Waals surface area contributed by atoms with Crippen molar-refractivity contribution in [2.75, 3.05) is 51.6 Å². The van der Waals surface area contributed by atoms with Crippen LogP contribution >= 0.6 is 11.6 Å². The Labute approximate surface area is 180 Å². The largest absolute Gasteiger partial charge is 0.341 e. The van der Waals surface area contributed by atoms with Crippen LogP contribution in [0.4, 0.5) is 15.3 Å². The summed E-state index contributed by atoms with van der Waals surface area (Å²) in [4.78, 5) is 54.7. The van der Waals surface area contributed by atoms with Crippen LogP contribution in [0.5, 0.6) is 0 Å². The average Bonchev–Trinajstić information content (AvgIpc) is 2.90. The molecule has 2 aliphatic heterocycles. The van der Waals surface area contributed by atoms with Crippen LogP contribution in [0.1, 0.15) is 19.3 Å². The normalized spacial score (nSPS) is 17.4. The van der Waals surface area contributed by atoms with Crippen LogP contribution in [0.15, 0.2) is 24.3 Å². The lowest BCUT2D eigenvalue weighted by molar-refractivity contribution is -0.132. The van der Waals surface area contributed by atoms with Crippen LogP contribution in [0, 0.1) is 0 Å². The Morgan fingerprint density at radius 1 is 1.03 bits per heavy atom. The Balaban J connectivity index is 1.43. The molecule has 1 aromatic carbocycles. The fourth-order valence-electron chi connectivity index (χ4n) is 3.54. The molecule has 0 unspecified atom stereocenters. The van der Waals surface area contributed by atoms with Crippen LogP contribution in [-0.2, 0) is 9.59 Å². The van der Waals surface area contributed by atoms with E-state index in [0.717, 1.165) is 0 Å². The van der Waals surface area contributed by atoms with E-state index in [9.17, 15) is 19.2 Å². The summed E-state index contributed by atoms with van der Waals surface area (Å²) in [6.07, 6.45) is 1.38. The number of hydrogen-bond donors (Lipinski definition) is 1. The highest BCUT2D eigenvalue weighted by Gasteiger charge is 2.33. The van der Waals surface area contributed by atoms with Crippen molar-refractivity contribution < 1.29 is 19.2 Å². The van der Waals surface area contributed by atoms with Gasteiger partial charge in [-0.05, 0) is 37.1 Å². The molecule has 6 amide bonds. The Morgan fingerprint density at radius 2 is 1.70 bits per heavy atom. The first kappa shape index (κ1) is 21.9. The zero-order valence-corrected chi connectivity index (χ0v) is 17.7. The minimum atomic E-state index is -0.315. The van der Waals surface area contributed by atoms with E-state index in [1.54, 1.807) is 41.1 Å². The van der Waals surface area contributed by atoms with Crippen molar-refractivity contribution in [2.45, 2.75) is 19.3 Å². The van der Waals surface area contributed by atoms with E-state index < -0.39 is 0 Å².